The second-order valence-electron chi connectivity index (χ2n) is 4.37. The molecule has 0 saturated heterocycles. The standard InChI is InChI=1S/C15H18N2/c1-11-6-5-8-13(10-11)15(17-16)14-9-4-3-7-12(14)2/h3-10,15,17H,16H2,1-2H3. The number of hydrazine groups is 1. The maximum absolute atomic E-state index is 5.71. The maximum atomic E-state index is 5.71. The van der Waals surface area contributed by atoms with Gasteiger partial charge in [-0.25, -0.2) is 5.43 Å². The van der Waals surface area contributed by atoms with E-state index in [9.17, 15) is 0 Å². The van der Waals surface area contributed by atoms with Crippen LogP contribution in [0.15, 0.2) is 48.5 Å². The monoisotopic (exact) mass is 226 g/mol. The maximum Gasteiger partial charge on any atom is 0.0712 e. The Balaban J connectivity index is 2.44. The fourth-order valence-corrected chi connectivity index (χ4v) is 2.13. The third-order valence-corrected chi connectivity index (χ3v) is 3.04. The van der Waals surface area contributed by atoms with Gasteiger partial charge in [0.25, 0.3) is 0 Å². The van der Waals surface area contributed by atoms with Gasteiger partial charge in [0.05, 0.1) is 6.04 Å². The molecule has 0 aromatic heterocycles. The smallest absolute Gasteiger partial charge is 0.0712 e. The Kier molecular flexibility index (Phi) is 3.57. The molecule has 2 heteroatoms. The molecule has 0 spiro atoms. The van der Waals surface area contributed by atoms with Crippen LogP contribution >= 0.6 is 0 Å². The minimum absolute atomic E-state index is 0.0519. The number of nitrogens with two attached hydrogens (primary N) is 1. The Morgan fingerprint density at radius 3 is 2.41 bits per heavy atom. The van der Waals surface area contributed by atoms with Gasteiger partial charge in [-0.05, 0) is 30.5 Å². The van der Waals surface area contributed by atoms with E-state index < -0.39 is 0 Å². The van der Waals surface area contributed by atoms with E-state index in [-0.39, 0.29) is 6.04 Å². The largest absolute Gasteiger partial charge is 0.271 e. The predicted octanol–water partition coefficient (Wildman–Crippen LogP) is 2.86. The zero-order chi connectivity index (χ0) is 12.3. The second-order valence-corrected chi connectivity index (χ2v) is 4.37. The second kappa shape index (κ2) is 5.13. The van der Waals surface area contributed by atoms with Crippen molar-refractivity contribution in [3.63, 3.8) is 0 Å². The molecule has 0 aliphatic rings. The van der Waals surface area contributed by atoms with E-state index in [0.29, 0.717) is 0 Å². The lowest BCUT2D eigenvalue weighted by Gasteiger charge is -2.19. The lowest BCUT2D eigenvalue weighted by molar-refractivity contribution is 0.633. The Labute approximate surface area is 102 Å². The van der Waals surface area contributed by atoms with E-state index in [4.69, 9.17) is 5.84 Å². The predicted molar refractivity (Wildman–Crippen MR) is 71.5 cm³/mol. The number of hydrogen-bond acceptors (Lipinski definition) is 2. The van der Waals surface area contributed by atoms with E-state index in [1.54, 1.807) is 0 Å². The summed E-state index contributed by atoms with van der Waals surface area (Å²) in [6.07, 6.45) is 0. The fraction of sp³-hybridized carbons (Fsp3) is 0.200. The summed E-state index contributed by atoms with van der Waals surface area (Å²) in [5.41, 5.74) is 7.82. The van der Waals surface area contributed by atoms with Crippen molar-refractivity contribution < 1.29 is 0 Å². The first kappa shape index (κ1) is 11.8. The van der Waals surface area contributed by atoms with Crippen molar-refractivity contribution in [1.29, 1.82) is 0 Å². The highest BCUT2D eigenvalue weighted by Gasteiger charge is 2.13. The van der Waals surface area contributed by atoms with Crippen molar-refractivity contribution in [2.45, 2.75) is 19.9 Å². The molecule has 1 unspecified atom stereocenters. The molecule has 0 bridgehead atoms. The average molecular weight is 226 g/mol. The molecular weight excluding hydrogens is 208 g/mol. The Morgan fingerprint density at radius 1 is 1.00 bits per heavy atom. The molecule has 3 N–H and O–H groups in total. The fourth-order valence-electron chi connectivity index (χ4n) is 2.13. The first-order valence-corrected chi connectivity index (χ1v) is 5.80. The molecular formula is C15H18N2. The van der Waals surface area contributed by atoms with Crippen LogP contribution in [0.5, 0.6) is 0 Å². The van der Waals surface area contributed by atoms with Crippen LogP contribution in [-0.4, -0.2) is 0 Å². The summed E-state index contributed by atoms with van der Waals surface area (Å²) < 4.78 is 0. The molecule has 2 aromatic rings. The average Bonchev–Trinajstić information content (AvgIpc) is 2.33. The molecule has 1 atom stereocenters. The van der Waals surface area contributed by atoms with Crippen molar-refractivity contribution in [2.24, 2.45) is 5.84 Å². The van der Waals surface area contributed by atoms with Crippen LogP contribution in [0.1, 0.15) is 28.3 Å². The van der Waals surface area contributed by atoms with Gasteiger partial charge >= 0.3 is 0 Å². The molecule has 0 radical (unpaired) electrons. The Hall–Kier alpha value is -1.64. The lowest BCUT2D eigenvalue weighted by Crippen LogP contribution is -2.29. The van der Waals surface area contributed by atoms with Gasteiger partial charge in [0.15, 0.2) is 0 Å². The normalized spacial score (nSPS) is 12.4. The van der Waals surface area contributed by atoms with Gasteiger partial charge in [-0.1, -0.05) is 54.1 Å². The minimum Gasteiger partial charge on any atom is -0.271 e. The summed E-state index contributed by atoms with van der Waals surface area (Å²) in [6.45, 7) is 4.20. The molecule has 0 amide bonds. The van der Waals surface area contributed by atoms with Gasteiger partial charge in [-0.3, -0.25) is 5.84 Å². The number of nitrogens with one attached hydrogen (secondary N) is 1. The van der Waals surface area contributed by atoms with Gasteiger partial charge in [0, 0.05) is 0 Å². The molecule has 17 heavy (non-hydrogen) atoms. The summed E-state index contributed by atoms with van der Waals surface area (Å²) in [7, 11) is 0. The highest BCUT2D eigenvalue weighted by atomic mass is 15.2. The molecule has 2 rings (SSSR count). The van der Waals surface area contributed by atoms with Crippen LogP contribution in [-0.2, 0) is 0 Å². The van der Waals surface area contributed by atoms with E-state index in [1.165, 1.54) is 22.3 Å². The van der Waals surface area contributed by atoms with Gasteiger partial charge in [0.2, 0.25) is 0 Å². The molecule has 0 heterocycles. The minimum atomic E-state index is 0.0519. The van der Waals surface area contributed by atoms with Crippen LogP contribution in [0, 0.1) is 13.8 Å². The zero-order valence-corrected chi connectivity index (χ0v) is 10.3. The number of aryl methyl sites for hydroxylation is 2. The molecule has 88 valence electrons. The van der Waals surface area contributed by atoms with Gasteiger partial charge < -0.3 is 0 Å². The van der Waals surface area contributed by atoms with Crippen LogP contribution < -0.4 is 11.3 Å². The zero-order valence-electron chi connectivity index (χ0n) is 10.3. The van der Waals surface area contributed by atoms with Gasteiger partial charge in [0.1, 0.15) is 0 Å². The molecule has 0 aliphatic carbocycles. The van der Waals surface area contributed by atoms with Gasteiger partial charge in [-0.15, -0.1) is 0 Å². The van der Waals surface area contributed by atoms with Crippen LogP contribution in [0.2, 0.25) is 0 Å². The van der Waals surface area contributed by atoms with Crippen LogP contribution in [0.4, 0.5) is 0 Å². The third kappa shape index (κ3) is 2.54. The van der Waals surface area contributed by atoms with E-state index in [1.807, 2.05) is 12.1 Å². The molecule has 2 aromatic carbocycles. The summed E-state index contributed by atoms with van der Waals surface area (Å²) >= 11 is 0. The molecule has 0 saturated carbocycles. The quantitative estimate of drug-likeness (QED) is 0.624. The van der Waals surface area contributed by atoms with Crippen molar-refractivity contribution in [1.82, 2.24) is 5.43 Å². The summed E-state index contributed by atoms with van der Waals surface area (Å²) in [6, 6.07) is 16.8. The van der Waals surface area contributed by atoms with Crippen LogP contribution in [0.3, 0.4) is 0 Å². The Morgan fingerprint density at radius 2 is 1.76 bits per heavy atom. The van der Waals surface area contributed by atoms with Crippen molar-refractivity contribution in [3.8, 4) is 0 Å². The highest BCUT2D eigenvalue weighted by molar-refractivity contribution is 5.37. The first-order valence-electron chi connectivity index (χ1n) is 5.80. The number of hydrogen-bond donors (Lipinski definition) is 2. The number of rotatable bonds is 3. The topological polar surface area (TPSA) is 38.0 Å². The van der Waals surface area contributed by atoms with Gasteiger partial charge in [-0.2, -0.15) is 0 Å². The van der Waals surface area contributed by atoms with Crippen molar-refractivity contribution in [2.75, 3.05) is 0 Å². The van der Waals surface area contributed by atoms with E-state index >= 15 is 0 Å². The first-order chi connectivity index (χ1) is 8.22. The van der Waals surface area contributed by atoms with Crippen LogP contribution in [0.25, 0.3) is 0 Å². The lowest BCUT2D eigenvalue weighted by atomic mass is 9.95. The van der Waals surface area contributed by atoms with Crippen molar-refractivity contribution in [3.05, 3.63) is 70.8 Å². The molecule has 2 nitrogen and oxygen atoms in total. The van der Waals surface area contributed by atoms with Crippen molar-refractivity contribution >= 4 is 0 Å². The summed E-state index contributed by atoms with van der Waals surface area (Å²) in [5.74, 6) is 5.71. The third-order valence-electron chi connectivity index (χ3n) is 3.04. The van der Waals surface area contributed by atoms with E-state index in [2.05, 4.69) is 55.7 Å². The molecule has 0 fully saturated rings. The summed E-state index contributed by atoms with van der Waals surface area (Å²) in [4.78, 5) is 0. The SMILES string of the molecule is Cc1cccc(C(NN)c2ccccc2C)c1. The van der Waals surface area contributed by atoms with E-state index in [0.717, 1.165) is 0 Å². The number of benzene rings is 2. The highest BCUT2D eigenvalue weighted by Crippen LogP contribution is 2.24. The molecule has 0 aliphatic heterocycles. The Bertz CT molecular complexity index is 506. The summed E-state index contributed by atoms with van der Waals surface area (Å²) in [5, 5.41) is 0.